The molecule has 0 aliphatic carbocycles. The van der Waals surface area contributed by atoms with E-state index in [9.17, 15) is 4.79 Å². The third-order valence-electron chi connectivity index (χ3n) is 5.03. The number of thiazole rings is 1. The first kappa shape index (κ1) is 19.7. The van der Waals surface area contributed by atoms with E-state index >= 15 is 0 Å². The SMILES string of the molecule is CCOC(=O)C(C)(Cc1ccccc1)c1cc2scc(-c3ccc(Cl)cc3)n2n1. The van der Waals surface area contributed by atoms with Crippen LogP contribution in [0.3, 0.4) is 0 Å². The van der Waals surface area contributed by atoms with Gasteiger partial charge in [-0.05, 0) is 44.0 Å². The zero-order valence-corrected chi connectivity index (χ0v) is 17.8. The van der Waals surface area contributed by atoms with E-state index in [-0.39, 0.29) is 5.97 Å². The highest BCUT2D eigenvalue weighted by Gasteiger charge is 2.40. The molecular weight excluding hydrogens is 404 g/mol. The number of ether oxygens (including phenoxy) is 1. The lowest BCUT2D eigenvalue weighted by Gasteiger charge is -2.25. The molecule has 0 bridgehead atoms. The molecule has 0 amide bonds. The van der Waals surface area contributed by atoms with Crippen LogP contribution < -0.4 is 0 Å². The van der Waals surface area contributed by atoms with Crippen molar-refractivity contribution in [2.75, 3.05) is 6.61 Å². The Morgan fingerprint density at radius 2 is 1.90 bits per heavy atom. The maximum atomic E-state index is 13.0. The number of esters is 1. The van der Waals surface area contributed by atoms with Crippen molar-refractivity contribution in [1.82, 2.24) is 9.61 Å². The average Bonchev–Trinajstić information content (AvgIpc) is 3.31. The van der Waals surface area contributed by atoms with E-state index in [1.54, 1.807) is 11.3 Å². The van der Waals surface area contributed by atoms with Crippen molar-refractivity contribution in [2.45, 2.75) is 25.7 Å². The minimum atomic E-state index is -0.875. The fourth-order valence-corrected chi connectivity index (χ4v) is 4.44. The number of rotatable bonds is 6. The highest BCUT2D eigenvalue weighted by molar-refractivity contribution is 7.15. The van der Waals surface area contributed by atoms with E-state index in [0.29, 0.717) is 23.7 Å². The molecule has 2 aromatic carbocycles. The Morgan fingerprint density at radius 3 is 2.59 bits per heavy atom. The van der Waals surface area contributed by atoms with Gasteiger partial charge in [0.05, 0.1) is 18.0 Å². The quantitative estimate of drug-likeness (QED) is 0.368. The molecule has 4 aromatic rings. The number of hydrogen-bond donors (Lipinski definition) is 0. The first-order valence-electron chi connectivity index (χ1n) is 9.46. The molecule has 0 fully saturated rings. The summed E-state index contributed by atoms with van der Waals surface area (Å²) in [5.41, 5.74) is 2.90. The van der Waals surface area contributed by atoms with Crippen LogP contribution >= 0.6 is 22.9 Å². The molecule has 0 aliphatic heterocycles. The van der Waals surface area contributed by atoms with Crippen LogP contribution in [0.5, 0.6) is 0 Å². The molecule has 0 spiro atoms. The van der Waals surface area contributed by atoms with Crippen LogP contribution in [0, 0.1) is 0 Å². The van der Waals surface area contributed by atoms with Crippen molar-refractivity contribution in [1.29, 1.82) is 0 Å². The van der Waals surface area contributed by atoms with Gasteiger partial charge < -0.3 is 4.74 Å². The van der Waals surface area contributed by atoms with Gasteiger partial charge in [0.15, 0.2) is 0 Å². The zero-order valence-electron chi connectivity index (χ0n) is 16.3. The molecule has 0 saturated heterocycles. The lowest BCUT2D eigenvalue weighted by Crippen LogP contribution is -2.37. The molecule has 1 unspecified atom stereocenters. The number of carbonyl (C=O) groups excluding carboxylic acids is 1. The molecule has 2 heterocycles. The number of nitrogens with zero attached hydrogens (tertiary/aromatic N) is 2. The van der Waals surface area contributed by atoms with E-state index in [4.69, 9.17) is 21.4 Å². The second kappa shape index (κ2) is 8.01. The predicted octanol–water partition coefficient (Wildman–Crippen LogP) is 5.78. The Bertz CT molecular complexity index is 1130. The number of halogens is 1. The Balaban J connectivity index is 1.78. The lowest BCUT2D eigenvalue weighted by atomic mass is 9.80. The molecule has 29 heavy (non-hydrogen) atoms. The minimum Gasteiger partial charge on any atom is -0.465 e. The van der Waals surface area contributed by atoms with Crippen LogP contribution in [0.1, 0.15) is 25.1 Å². The van der Waals surface area contributed by atoms with Gasteiger partial charge in [0.25, 0.3) is 0 Å². The Labute approximate surface area is 178 Å². The summed E-state index contributed by atoms with van der Waals surface area (Å²) in [6, 6.07) is 19.6. The van der Waals surface area contributed by atoms with Crippen molar-refractivity contribution >= 4 is 33.7 Å². The van der Waals surface area contributed by atoms with Crippen molar-refractivity contribution < 1.29 is 9.53 Å². The predicted molar refractivity (Wildman–Crippen MR) is 118 cm³/mol. The zero-order chi connectivity index (χ0) is 20.4. The van der Waals surface area contributed by atoms with E-state index in [1.807, 2.05) is 79.0 Å². The maximum absolute atomic E-state index is 13.0. The molecule has 0 radical (unpaired) electrons. The summed E-state index contributed by atoms with van der Waals surface area (Å²) < 4.78 is 7.33. The summed E-state index contributed by atoms with van der Waals surface area (Å²) in [4.78, 5) is 14.0. The van der Waals surface area contributed by atoms with E-state index in [0.717, 1.165) is 21.7 Å². The lowest BCUT2D eigenvalue weighted by molar-refractivity contribution is -0.149. The number of aromatic nitrogens is 2. The van der Waals surface area contributed by atoms with Crippen LogP contribution in [0.15, 0.2) is 66.0 Å². The summed E-state index contributed by atoms with van der Waals surface area (Å²) in [5.74, 6) is -0.261. The van der Waals surface area contributed by atoms with Crippen LogP contribution in [-0.2, 0) is 21.4 Å². The van der Waals surface area contributed by atoms with Crippen LogP contribution in [0.25, 0.3) is 16.1 Å². The highest BCUT2D eigenvalue weighted by atomic mass is 35.5. The van der Waals surface area contributed by atoms with Gasteiger partial charge in [-0.2, -0.15) is 5.10 Å². The van der Waals surface area contributed by atoms with Gasteiger partial charge in [0.1, 0.15) is 10.2 Å². The topological polar surface area (TPSA) is 43.6 Å². The number of benzene rings is 2. The molecule has 6 heteroatoms. The fourth-order valence-electron chi connectivity index (χ4n) is 3.43. The average molecular weight is 425 g/mol. The molecule has 148 valence electrons. The van der Waals surface area contributed by atoms with Crippen molar-refractivity contribution in [3.05, 3.63) is 82.3 Å². The number of hydrogen-bond acceptors (Lipinski definition) is 4. The van der Waals surface area contributed by atoms with Gasteiger partial charge in [0.2, 0.25) is 0 Å². The normalized spacial score (nSPS) is 13.3. The largest absolute Gasteiger partial charge is 0.465 e. The van der Waals surface area contributed by atoms with Crippen molar-refractivity contribution in [3.8, 4) is 11.3 Å². The molecule has 0 aliphatic rings. The summed E-state index contributed by atoms with van der Waals surface area (Å²) >= 11 is 7.62. The van der Waals surface area contributed by atoms with Gasteiger partial charge in [-0.1, -0.05) is 54.1 Å². The molecule has 2 aromatic heterocycles. The third-order valence-corrected chi connectivity index (χ3v) is 6.15. The second-order valence-electron chi connectivity index (χ2n) is 7.12. The number of carbonyl (C=O) groups is 1. The highest BCUT2D eigenvalue weighted by Crippen LogP contribution is 2.34. The number of fused-ring (bicyclic) bond motifs is 1. The van der Waals surface area contributed by atoms with Gasteiger partial charge >= 0.3 is 5.97 Å². The van der Waals surface area contributed by atoms with E-state index < -0.39 is 5.41 Å². The smallest absolute Gasteiger partial charge is 0.318 e. The van der Waals surface area contributed by atoms with Gasteiger partial charge in [-0.25, -0.2) is 4.52 Å². The van der Waals surface area contributed by atoms with E-state index in [1.165, 1.54) is 0 Å². The van der Waals surface area contributed by atoms with Crippen molar-refractivity contribution in [3.63, 3.8) is 0 Å². The first-order chi connectivity index (χ1) is 14.0. The van der Waals surface area contributed by atoms with E-state index in [2.05, 4.69) is 5.38 Å². The Hall–Kier alpha value is -2.63. The first-order valence-corrected chi connectivity index (χ1v) is 10.7. The van der Waals surface area contributed by atoms with Crippen LogP contribution in [0.2, 0.25) is 5.02 Å². The van der Waals surface area contributed by atoms with Crippen molar-refractivity contribution in [2.24, 2.45) is 0 Å². The Kier molecular flexibility index (Phi) is 5.43. The fraction of sp³-hybridized carbons (Fsp3) is 0.217. The van der Waals surface area contributed by atoms with Crippen LogP contribution in [0.4, 0.5) is 0 Å². The summed E-state index contributed by atoms with van der Waals surface area (Å²) in [6.45, 7) is 4.07. The molecule has 4 nitrogen and oxygen atoms in total. The molecule has 0 N–H and O–H groups in total. The molecular formula is C23H21ClN2O2S. The summed E-state index contributed by atoms with van der Waals surface area (Å²) in [6.07, 6.45) is 0.522. The second-order valence-corrected chi connectivity index (χ2v) is 8.45. The minimum absolute atomic E-state index is 0.261. The van der Waals surface area contributed by atoms with Crippen LogP contribution in [-0.4, -0.2) is 22.2 Å². The summed E-state index contributed by atoms with van der Waals surface area (Å²) in [7, 11) is 0. The van der Waals surface area contributed by atoms with Gasteiger partial charge in [0, 0.05) is 16.0 Å². The summed E-state index contributed by atoms with van der Waals surface area (Å²) in [5, 5.41) is 7.59. The third kappa shape index (κ3) is 3.80. The van der Waals surface area contributed by atoms with Gasteiger partial charge in [-0.3, -0.25) is 4.79 Å². The Morgan fingerprint density at radius 1 is 1.17 bits per heavy atom. The van der Waals surface area contributed by atoms with Gasteiger partial charge in [-0.15, -0.1) is 11.3 Å². The maximum Gasteiger partial charge on any atom is 0.318 e. The molecule has 4 rings (SSSR count). The standard InChI is InChI=1S/C23H21ClN2O2S/c1-3-28-22(27)23(2,14-16-7-5-4-6-8-16)20-13-21-26(25-20)19(15-29-21)17-9-11-18(24)12-10-17/h4-13,15H,3,14H2,1-2H3. The molecule has 1 atom stereocenters. The molecule has 0 saturated carbocycles. The monoisotopic (exact) mass is 424 g/mol.